The number of hydrogen-bond acceptors (Lipinski definition) is 4. The zero-order valence-corrected chi connectivity index (χ0v) is 19.8. The standard InChI is InChI=1S/C20H27N3O3S.HI/c1-15-6-5-7-18(12-15)26-11-10-22-20(21-3)23-14-17-8-9-19(16(2)13-17)27(4,24)25;/h5-9,12-13H,10-11,14H2,1-4H3,(H2,21,22,23);1H. The van der Waals surface area contributed by atoms with E-state index in [1.807, 2.05) is 43.3 Å². The monoisotopic (exact) mass is 517 g/mol. The molecule has 0 saturated heterocycles. The first-order chi connectivity index (χ1) is 12.8. The molecule has 0 fully saturated rings. The summed E-state index contributed by atoms with van der Waals surface area (Å²) in [5, 5.41) is 6.41. The van der Waals surface area contributed by atoms with Crippen LogP contribution in [0.15, 0.2) is 52.4 Å². The van der Waals surface area contributed by atoms with Crippen LogP contribution in [0.3, 0.4) is 0 Å². The van der Waals surface area contributed by atoms with E-state index in [4.69, 9.17) is 4.74 Å². The average Bonchev–Trinajstić information content (AvgIpc) is 2.60. The minimum absolute atomic E-state index is 0. The van der Waals surface area contributed by atoms with Crippen molar-refractivity contribution in [3.8, 4) is 5.75 Å². The first-order valence-corrected chi connectivity index (χ1v) is 10.6. The minimum Gasteiger partial charge on any atom is -0.492 e. The Morgan fingerprint density at radius 3 is 2.46 bits per heavy atom. The van der Waals surface area contributed by atoms with Crippen molar-refractivity contribution < 1.29 is 13.2 Å². The Bertz CT molecular complexity index is 915. The van der Waals surface area contributed by atoms with E-state index in [-0.39, 0.29) is 24.0 Å². The van der Waals surface area contributed by atoms with Crippen LogP contribution in [0.2, 0.25) is 0 Å². The summed E-state index contributed by atoms with van der Waals surface area (Å²) in [6, 6.07) is 13.3. The van der Waals surface area contributed by atoms with Gasteiger partial charge in [0.2, 0.25) is 0 Å². The predicted octanol–water partition coefficient (Wildman–Crippen LogP) is 3.07. The van der Waals surface area contributed by atoms with E-state index < -0.39 is 9.84 Å². The summed E-state index contributed by atoms with van der Waals surface area (Å²) in [6.07, 6.45) is 1.22. The topological polar surface area (TPSA) is 79.8 Å². The highest BCUT2D eigenvalue weighted by Crippen LogP contribution is 2.16. The van der Waals surface area contributed by atoms with Gasteiger partial charge in [0.05, 0.1) is 11.4 Å². The van der Waals surface area contributed by atoms with Gasteiger partial charge in [-0.25, -0.2) is 8.42 Å². The fraction of sp³-hybridized carbons (Fsp3) is 0.350. The summed E-state index contributed by atoms with van der Waals surface area (Å²) in [4.78, 5) is 4.55. The highest BCUT2D eigenvalue weighted by Gasteiger charge is 2.10. The molecule has 0 unspecified atom stereocenters. The number of sulfone groups is 1. The maximum Gasteiger partial charge on any atom is 0.191 e. The molecule has 2 aromatic rings. The minimum atomic E-state index is -3.20. The third kappa shape index (κ3) is 7.67. The number of nitrogens with zero attached hydrogens (tertiary/aromatic N) is 1. The molecule has 0 atom stereocenters. The predicted molar refractivity (Wildman–Crippen MR) is 125 cm³/mol. The number of aryl methyl sites for hydroxylation is 2. The van der Waals surface area contributed by atoms with Gasteiger partial charge in [-0.05, 0) is 48.7 Å². The summed E-state index contributed by atoms with van der Waals surface area (Å²) >= 11 is 0. The van der Waals surface area contributed by atoms with Gasteiger partial charge in [-0.15, -0.1) is 24.0 Å². The normalized spacial score (nSPS) is 11.5. The number of benzene rings is 2. The number of hydrogen-bond donors (Lipinski definition) is 2. The second-order valence-corrected chi connectivity index (χ2v) is 8.37. The average molecular weight is 517 g/mol. The second kappa shape index (κ2) is 11.3. The molecular formula is C20H28IN3O3S. The molecule has 0 aliphatic heterocycles. The molecule has 0 amide bonds. The molecule has 154 valence electrons. The van der Waals surface area contributed by atoms with Crippen LogP contribution < -0.4 is 15.4 Å². The molecule has 0 radical (unpaired) electrons. The largest absolute Gasteiger partial charge is 0.492 e. The van der Waals surface area contributed by atoms with Gasteiger partial charge < -0.3 is 15.4 Å². The lowest BCUT2D eigenvalue weighted by Crippen LogP contribution is -2.38. The maximum atomic E-state index is 11.7. The molecule has 6 nitrogen and oxygen atoms in total. The number of rotatable bonds is 7. The zero-order chi connectivity index (χ0) is 19.9. The third-order valence-corrected chi connectivity index (χ3v) is 5.23. The molecule has 8 heteroatoms. The first-order valence-electron chi connectivity index (χ1n) is 8.73. The third-order valence-electron chi connectivity index (χ3n) is 3.98. The molecule has 2 rings (SSSR count). The van der Waals surface area contributed by atoms with Crippen molar-refractivity contribution in [2.45, 2.75) is 25.3 Å². The van der Waals surface area contributed by atoms with Gasteiger partial charge in [0.15, 0.2) is 15.8 Å². The quantitative estimate of drug-likeness (QED) is 0.256. The molecule has 28 heavy (non-hydrogen) atoms. The van der Waals surface area contributed by atoms with E-state index in [1.54, 1.807) is 20.0 Å². The SMILES string of the molecule is CN=C(NCCOc1cccc(C)c1)NCc1ccc(S(C)(=O)=O)c(C)c1.I. The van der Waals surface area contributed by atoms with Gasteiger partial charge in [0.1, 0.15) is 12.4 Å². The number of guanidine groups is 1. The van der Waals surface area contributed by atoms with E-state index in [1.165, 1.54) is 6.26 Å². The lowest BCUT2D eigenvalue weighted by atomic mass is 10.1. The number of aliphatic imine (C=N–C) groups is 1. The highest BCUT2D eigenvalue weighted by atomic mass is 127. The van der Waals surface area contributed by atoms with Gasteiger partial charge in [-0.2, -0.15) is 0 Å². The summed E-state index contributed by atoms with van der Waals surface area (Å²) < 4.78 is 29.1. The van der Waals surface area contributed by atoms with E-state index >= 15 is 0 Å². The Kier molecular flexibility index (Phi) is 9.74. The Labute approximate surface area is 184 Å². The van der Waals surface area contributed by atoms with Gasteiger partial charge in [0.25, 0.3) is 0 Å². The molecule has 0 saturated carbocycles. The molecule has 0 spiro atoms. The van der Waals surface area contributed by atoms with Crippen LogP contribution in [-0.2, 0) is 16.4 Å². The van der Waals surface area contributed by atoms with E-state index in [9.17, 15) is 8.42 Å². The van der Waals surface area contributed by atoms with Crippen LogP contribution in [-0.4, -0.2) is 40.8 Å². The number of ether oxygens (including phenoxy) is 1. The highest BCUT2D eigenvalue weighted by molar-refractivity contribution is 14.0. The lowest BCUT2D eigenvalue weighted by Gasteiger charge is -2.13. The molecule has 0 bridgehead atoms. The first kappa shape index (κ1) is 24.2. The summed E-state index contributed by atoms with van der Waals surface area (Å²) in [5.74, 6) is 1.51. The molecule has 0 aromatic heterocycles. The van der Waals surface area contributed by atoms with Crippen molar-refractivity contribution in [3.63, 3.8) is 0 Å². The van der Waals surface area contributed by atoms with Crippen molar-refractivity contribution in [3.05, 3.63) is 59.2 Å². The van der Waals surface area contributed by atoms with E-state index in [0.717, 1.165) is 22.4 Å². The Morgan fingerprint density at radius 1 is 1.11 bits per heavy atom. The van der Waals surface area contributed by atoms with Crippen LogP contribution >= 0.6 is 24.0 Å². The molecule has 0 heterocycles. The van der Waals surface area contributed by atoms with Crippen molar-refractivity contribution in [2.75, 3.05) is 26.5 Å². The van der Waals surface area contributed by atoms with Crippen LogP contribution in [0.5, 0.6) is 5.75 Å². The second-order valence-electron chi connectivity index (χ2n) is 6.39. The lowest BCUT2D eigenvalue weighted by molar-refractivity contribution is 0.321. The molecule has 2 aromatic carbocycles. The van der Waals surface area contributed by atoms with E-state index in [0.29, 0.717) is 30.6 Å². The Hall–Kier alpha value is -1.81. The number of halogens is 1. The molecule has 0 aliphatic rings. The van der Waals surface area contributed by atoms with Gasteiger partial charge >= 0.3 is 0 Å². The van der Waals surface area contributed by atoms with Gasteiger partial charge in [-0.1, -0.05) is 24.3 Å². The zero-order valence-electron chi connectivity index (χ0n) is 16.7. The Balaban J connectivity index is 0.00000392. The van der Waals surface area contributed by atoms with Crippen molar-refractivity contribution in [1.82, 2.24) is 10.6 Å². The smallest absolute Gasteiger partial charge is 0.191 e. The van der Waals surface area contributed by atoms with Gasteiger partial charge in [-0.3, -0.25) is 4.99 Å². The van der Waals surface area contributed by atoms with Crippen molar-refractivity contribution in [2.24, 2.45) is 4.99 Å². The summed E-state index contributed by atoms with van der Waals surface area (Å²) in [6.45, 7) is 5.51. The van der Waals surface area contributed by atoms with Crippen molar-refractivity contribution in [1.29, 1.82) is 0 Å². The summed E-state index contributed by atoms with van der Waals surface area (Å²) in [7, 11) is -1.49. The molecule has 0 aliphatic carbocycles. The summed E-state index contributed by atoms with van der Waals surface area (Å²) in [5.41, 5.74) is 2.89. The fourth-order valence-corrected chi connectivity index (χ4v) is 3.65. The maximum absolute atomic E-state index is 11.7. The van der Waals surface area contributed by atoms with Crippen molar-refractivity contribution >= 4 is 39.8 Å². The molecular weight excluding hydrogens is 489 g/mol. The van der Waals surface area contributed by atoms with E-state index in [2.05, 4.69) is 15.6 Å². The van der Waals surface area contributed by atoms with Crippen LogP contribution in [0, 0.1) is 13.8 Å². The fourth-order valence-electron chi connectivity index (χ4n) is 2.69. The van der Waals surface area contributed by atoms with Crippen LogP contribution in [0.1, 0.15) is 16.7 Å². The molecule has 2 N–H and O–H groups in total. The van der Waals surface area contributed by atoms with Gasteiger partial charge in [0, 0.05) is 19.8 Å². The van der Waals surface area contributed by atoms with Crippen LogP contribution in [0.25, 0.3) is 0 Å². The van der Waals surface area contributed by atoms with Crippen LogP contribution in [0.4, 0.5) is 0 Å². The number of nitrogens with one attached hydrogen (secondary N) is 2. The Morgan fingerprint density at radius 2 is 1.86 bits per heavy atom.